The normalized spacial score (nSPS) is 33.4. The number of rotatable bonds is 2. The number of carbonyl (C=O) groups is 1. The van der Waals surface area contributed by atoms with E-state index >= 15 is 0 Å². The molecule has 4 heteroatoms. The van der Waals surface area contributed by atoms with Crippen LogP contribution in [0.5, 0.6) is 0 Å². The average Bonchev–Trinajstić information content (AvgIpc) is 2.71. The molecule has 0 saturated carbocycles. The quantitative estimate of drug-likeness (QED) is 0.879. The van der Waals surface area contributed by atoms with Crippen molar-refractivity contribution in [1.29, 1.82) is 0 Å². The molecule has 0 radical (unpaired) electrons. The highest BCUT2D eigenvalue weighted by Gasteiger charge is 2.40. The van der Waals surface area contributed by atoms with E-state index in [0.717, 1.165) is 17.7 Å². The number of benzene rings is 1. The van der Waals surface area contributed by atoms with Gasteiger partial charge in [0, 0.05) is 24.1 Å². The minimum absolute atomic E-state index is 0.0251. The number of hydrogen-bond acceptors (Lipinski definition) is 3. The average molecular weight is 288 g/mol. The predicted molar refractivity (Wildman–Crippen MR) is 83.0 cm³/mol. The molecule has 3 rings (SSSR count). The highest BCUT2D eigenvalue weighted by Crippen LogP contribution is 2.40. The fourth-order valence-corrected chi connectivity index (χ4v) is 3.75. The fourth-order valence-electron chi connectivity index (χ4n) is 3.75. The van der Waals surface area contributed by atoms with E-state index < -0.39 is 0 Å². The Morgan fingerprint density at radius 1 is 1.24 bits per heavy atom. The first-order valence-electron chi connectivity index (χ1n) is 7.81. The maximum absolute atomic E-state index is 11.4. The van der Waals surface area contributed by atoms with Gasteiger partial charge in [-0.1, -0.05) is 19.1 Å². The summed E-state index contributed by atoms with van der Waals surface area (Å²) in [7, 11) is 0. The number of nitrogens with two attached hydrogens (primary N) is 1. The highest BCUT2D eigenvalue weighted by atomic mass is 16.5. The molecule has 1 fully saturated rings. The number of aryl methyl sites for hydroxylation is 1. The lowest BCUT2D eigenvalue weighted by molar-refractivity contribution is -0.116. The molecule has 2 aliphatic rings. The van der Waals surface area contributed by atoms with Crippen LogP contribution in [0.4, 0.5) is 5.69 Å². The first-order chi connectivity index (χ1) is 9.97. The number of ether oxygens (including phenoxy) is 1. The van der Waals surface area contributed by atoms with Crippen molar-refractivity contribution < 1.29 is 9.53 Å². The van der Waals surface area contributed by atoms with E-state index in [2.05, 4.69) is 32.2 Å². The molecule has 1 saturated heterocycles. The number of fused-ring (bicyclic) bond motifs is 1. The summed E-state index contributed by atoms with van der Waals surface area (Å²) in [6, 6.07) is 6.15. The van der Waals surface area contributed by atoms with Crippen LogP contribution in [0.2, 0.25) is 0 Å². The summed E-state index contributed by atoms with van der Waals surface area (Å²) < 4.78 is 5.92. The molecule has 0 bridgehead atoms. The third-order valence-corrected chi connectivity index (χ3v) is 5.14. The Hall–Kier alpha value is -1.39. The van der Waals surface area contributed by atoms with Crippen LogP contribution < -0.4 is 11.1 Å². The van der Waals surface area contributed by atoms with Crippen LogP contribution in [0.3, 0.4) is 0 Å². The second-order valence-electron chi connectivity index (χ2n) is 6.47. The maximum Gasteiger partial charge on any atom is 0.224 e. The molecule has 114 valence electrons. The Kier molecular flexibility index (Phi) is 3.76. The zero-order chi connectivity index (χ0) is 15.1. The first-order valence-corrected chi connectivity index (χ1v) is 7.81. The van der Waals surface area contributed by atoms with Crippen molar-refractivity contribution in [2.24, 2.45) is 17.6 Å². The van der Waals surface area contributed by atoms with Gasteiger partial charge in [0.1, 0.15) is 0 Å². The van der Waals surface area contributed by atoms with E-state index in [1.54, 1.807) is 0 Å². The number of amides is 1. The summed E-state index contributed by atoms with van der Waals surface area (Å²) in [5, 5.41) is 2.92. The van der Waals surface area contributed by atoms with Crippen molar-refractivity contribution >= 4 is 11.6 Å². The summed E-state index contributed by atoms with van der Waals surface area (Å²) >= 11 is 0. The van der Waals surface area contributed by atoms with Gasteiger partial charge in [-0.3, -0.25) is 4.79 Å². The van der Waals surface area contributed by atoms with Gasteiger partial charge >= 0.3 is 0 Å². The summed E-state index contributed by atoms with van der Waals surface area (Å²) in [5.74, 6) is 0.877. The second kappa shape index (κ2) is 5.43. The molecule has 2 aliphatic heterocycles. The molecule has 5 unspecified atom stereocenters. The van der Waals surface area contributed by atoms with Crippen LogP contribution in [0.25, 0.3) is 0 Å². The molecule has 1 aromatic rings. The molecule has 3 N–H and O–H groups in total. The van der Waals surface area contributed by atoms with E-state index in [1.807, 2.05) is 12.1 Å². The molecule has 2 heterocycles. The molecule has 4 nitrogen and oxygen atoms in total. The van der Waals surface area contributed by atoms with Gasteiger partial charge in [0.25, 0.3) is 0 Å². The van der Waals surface area contributed by atoms with Crippen molar-refractivity contribution in [3.05, 3.63) is 29.3 Å². The number of anilines is 1. The largest absolute Gasteiger partial charge is 0.375 e. The third-order valence-electron chi connectivity index (χ3n) is 5.14. The van der Waals surface area contributed by atoms with Gasteiger partial charge in [-0.2, -0.15) is 0 Å². The summed E-state index contributed by atoms with van der Waals surface area (Å²) in [5.41, 5.74) is 9.80. The van der Waals surface area contributed by atoms with Crippen molar-refractivity contribution in [3.63, 3.8) is 0 Å². The summed E-state index contributed by atoms with van der Waals surface area (Å²) in [4.78, 5) is 11.4. The van der Waals surface area contributed by atoms with Gasteiger partial charge in [-0.25, -0.2) is 0 Å². The lowest BCUT2D eigenvalue weighted by atomic mass is 9.80. The van der Waals surface area contributed by atoms with Crippen LogP contribution >= 0.6 is 0 Å². The van der Waals surface area contributed by atoms with Crippen molar-refractivity contribution in [1.82, 2.24) is 0 Å². The molecule has 0 aromatic heterocycles. The minimum Gasteiger partial charge on any atom is -0.375 e. The Morgan fingerprint density at radius 3 is 2.67 bits per heavy atom. The molecule has 1 aromatic carbocycles. The predicted octanol–water partition coefficient (Wildman–Crippen LogP) is 2.63. The molecule has 1 amide bonds. The molecule has 21 heavy (non-hydrogen) atoms. The van der Waals surface area contributed by atoms with Crippen LogP contribution in [-0.4, -0.2) is 18.1 Å². The molecule has 0 spiro atoms. The lowest BCUT2D eigenvalue weighted by Gasteiger charge is -2.27. The maximum atomic E-state index is 11.4. The van der Waals surface area contributed by atoms with Gasteiger partial charge in [0.2, 0.25) is 5.91 Å². The van der Waals surface area contributed by atoms with Gasteiger partial charge in [0.05, 0.1) is 12.2 Å². The summed E-state index contributed by atoms with van der Waals surface area (Å²) in [6.07, 6.45) is 1.79. The number of hydrogen-bond donors (Lipinski definition) is 2. The smallest absolute Gasteiger partial charge is 0.224 e. The fraction of sp³-hybridized carbons (Fsp3) is 0.588. The van der Waals surface area contributed by atoms with E-state index in [1.165, 1.54) is 5.56 Å². The van der Waals surface area contributed by atoms with Gasteiger partial charge in [-0.15, -0.1) is 0 Å². The summed E-state index contributed by atoms with van der Waals surface area (Å²) in [6.45, 7) is 6.46. The van der Waals surface area contributed by atoms with E-state index in [4.69, 9.17) is 10.5 Å². The van der Waals surface area contributed by atoms with Crippen LogP contribution in [0, 0.1) is 11.8 Å². The van der Waals surface area contributed by atoms with Crippen molar-refractivity contribution in [2.45, 2.75) is 51.9 Å². The van der Waals surface area contributed by atoms with Gasteiger partial charge in [-0.05, 0) is 43.4 Å². The standard InChI is InChI=1S/C17H24N2O2/c1-9-10(2)21-11(3)16(9)17(18)13-4-6-14-12(8-13)5-7-15(20)19-14/h4,6,8-11,16-17H,5,7,18H2,1-3H3,(H,19,20). The monoisotopic (exact) mass is 288 g/mol. The first kappa shape index (κ1) is 14.5. The number of carbonyl (C=O) groups excluding carboxylic acids is 1. The molecular formula is C17H24N2O2. The highest BCUT2D eigenvalue weighted by molar-refractivity contribution is 5.93. The Labute approximate surface area is 126 Å². The van der Waals surface area contributed by atoms with Gasteiger partial charge in [0.15, 0.2) is 0 Å². The number of nitrogens with one attached hydrogen (secondary N) is 1. The topological polar surface area (TPSA) is 64.3 Å². The second-order valence-corrected chi connectivity index (χ2v) is 6.47. The SMILES string of the molecule is CC1OC(C)C(C(N)c2ccc3c(c2)CCC(=O)N3)C1C. The lowest BCUT2D eigenvalue weighted by Crippen LogP contribution is -2.31. The Balaban J connectivity index is 1.85. The molecule has 5 atom stereocenters. The van der Waals surface area contributed by atoms with Crippen LogP contribution in [-0.2, 0) is 16.0 Å². The van der Waals surface area contributed by atoms with E-state index in [0.29, 0.717) is 18.3 Å². The molecular weight excluding hydrogens is 264 g/mol. The zero-order valence-corrected chi connectivity index (χ0v) is 12.9. The molecule has 0 aliphatic carbocycles. The van der Waals surface area contributed by atoms with Crippen molar-refractivity contribution in [3.8, 4) is 0 Å². The van der Waals surface area contributed by atoms with Crippen LogP contribution in [0.15, 0.2) is 18.2 Å². The Morgan fingerprint density at radius 2 is 2.00 bits per heavy atom. The third kappa shape index (κ3) is 2.58. The minimum atomic E-state index is -0.0251. The van der Waals surface area contributed by atoms with Crippen LogP contribution in [0.1, 0.15) is 44.4 Å². The Bertz CT molecular complexity index is 558. The van der Waals surface area contributed by atoms with Gasteiger partial charge < -0.3 is 15.8 Å². The van der Waals surface area contributed by atoms with E-state index in [9.17, 15) is 4.79 Å². The van der Waals surface area contributed by atoms with Crippen molar-refractivity contribution in [2.75, 3.05) is 5.32 Å². The van der Waals surface area contributed by atoms with E-state index in [-0.39, 0.29) is 24.2 Å². The zero-order valence-electron chi connectivity index (χ0n) is 12.9.